The van der Waals surface area contributed by atoms with Crippen LogP contribution in [0.2, 0.25) is 18.1 Å². The number of fused-ring (bicyclic) bond motifs is 3. The average Bonchev–Trinajstić information content (AvgIpc) is 3.18. The Bertz CT molecular complexity index is 907. The van der Waals surface area contributed by atoms with E-state index in [1.54, 1.807) is 27.7 Å². The molecule has 0 spiro atoms. The van der Waals surface area contributed by atoms with Gasteiger partial charge in [0.15, 0.2) is 14.1 Å². The monoisotopic (exact) mass is 512 g/mol. The molecule has 0 aromatic heterocycles. The topological polar surface area (TPSA) is 137 Å². The first kappa shape index (κ1) is 27.4. The van der Waals surface area contributed by atoms with Crippen LogP contribution in [0.4, 0.5) is 0 Å². The van der Waals surface area contributed by atoms with Crippen molar-refractivity contribution in [3.05, 3.63) is 11.1 Å². The molecular formula is C26H44O8Si. The van der Waals surface area contributed by atoms with Crippen LogP contribution < -0.4 is 0 Å². The van der Waals surface area contributed by atoms with Gasteiger partial charge in [-0.2, -0.15) is 0 Å². The van der Waals surface area contributed by atoms with Crippen LogP contribution in [0, 0.1) is 16.7 Å². The number of hydrogen-bond donors (Lipinski definition) is 5. The Hall–Kier alpha value is -0.653. The molecule has 4 rings (SSSR count). The molecule has 2 bridgehead atoms. The summed E-state index contributed by atoms with van der Waals surface area (Å²) in [7, 11) is -2.27. The highest BCUT2D eigenvalue weighted by Gasteiger charge is 2.76. The lowest BCUT2D eigenvalue weighted by Crippen LogP contribution is -2.74. The molecule has 9 atom stereocenters. The van der Waals surface area contributed by atoms with E-state index in [-0.39, 0.29) is 19.4 Å². The van der Waals surface area contributed by atoms with Crippen molar-refractivity contribution in [2.24, 2.45) is 16.7 Å². The fraction of sp³-hybridized carbons (Fsp3) is 0.885. The van der Waals surface area contributed by atoms with Gasteiger partial charge in [-0.1, -0.05) is 34.6 Å². The summed E-state index contributed by atoms with van der Waals surface area (Å²) in [5.74, 6) is -1.54. The first-order valence-electron chi connectivity index (χ1n) is 13.1. The molecule has 3 fully saturated rings. The van der Waals surface area contributed by atoms with Gasteiger partial charge in [-0.05, 0) is 43.1 Å². The zero-order chi connectivity index (χ0) is 26.4. The van der Waals surface area contributed by atoms with Gasteiger partial charge in [0.05, 0.1) is 36.4 Å². The van der Waals surface area contributed by atoms with E-state index in [1.165, 1.54) is 0 Å². The normalized spacial score (nSPS) is 47.4. The summed E-state index contributed by atoms with van der Waals surface area (Å²) in [4.78, 5) is 14.4. The van der Waals surface area contributed by atoms with Crippen LogP contribution in [0.1, 0.15) is 61.3 Å². The summed E-state index contributed by atoms with van der Waals surface area (Å²) in [6.07, 6.45) is -5.73. The van der Waals surface area contributed by atoms with Gasteiger partial charge < -0.3 is 34.7 Å². The van der Waals surface area contributed by atoms with Crippen LogP contribution in [0.3, 0.4) is 0 Å². The van der Waals surface area contributed by atoms with Crippen molar-refractivity contribution in [2.75, 3.05) is 6.61 Å². The Morgan fingerprint density at radius 3 is 2.17 bits per heavy atom. The minimum absolute atomic E-state index is 0.0370. The van der Waals surface area contributed by atoms with Gasteiger partial charge in [0.1, 0.15) is 17.3 Å². The highest BCUT2D eigenvalue weighted by Crippen LogP contribution is 2.63. The molecule has 0 amide bonds. The number of carbonyl (C=O) groups excluding carboxylic acids is 1. The summed E-state index contributed by atoms with van der Waals surface area (Å²) in [5, 5.41) is 57.8. The number of ketones is 1. The van der Waals surface area contributed by atoms with E-state index < -0.39 is 72.6 Å². The van der Waals surface area contributed by atoms with Crippen molar-refractivity contribution < 1.29 is 39.5 Å². The summed E-state index contributed by atoms with van der Waals surface area (Å²) in [6.45, 7) is 12.9. The van der Waals surface area contributed by atoms with E-state index in [9.17, 15) is 30.3 Å². The fourth-order valence-electron chi connectivity index (χ4n) is 7.92. The third-order valence-corrected chi connectivity index (χ3v) is 15.3. The van der Waals surface area contributed by atoms with Crippen molar-refractivity contribution in [1.29, 1.82) is 0 Å². The first-order valence-corrected chi connectivity index (χ1v) is 15.7. The molecule has 200 valence electrons. The SMILES string of the molecule is CC[Si](CC)(CC)O[C@H]1C[C@@H](O)[C@@]2(O)CO[C@H]3[C@H]2[C@]1(C)C(=O)[C@H](O)C1=C(C)[C@@H](O)C[C@]3(O)C1(C)C. The highest BCUT2D eigenvalue weighted by atomic mass is 28.4. The smallest absolute Gasteiger partial charge is 0.192 e. The molecule has 0 radical (unpaired) electrons. The van der Waals surface area contributed by atoms with Crippen LogP contribution in [-0.4, -0.2) is 88.0 Å². The molecule has 1 aliphatic heterocycles. The number of Topliss-reactive ketones (excluding diaryl/α,β-unsaturated/α-hetero) is 1. The maximum absolute atomic E-state index is 14.4. The Labute approximate surface area is 209 Å². The molecule has 2 saturated carbocycles. The predicted octanol–water partition coefficient (Wildman–Crippen LogP) is 1.68. The van der Waals surface area contributed by atoms with Gasteiger partial charge in [-0.15, -0.1) is 0 Å². The Morgan fingerprint density at radius 1 is 1.06 bits per heavy atom. The van der Waals surface area contributed by atoms with Crippen molar-refractivity contribution >= 4 is 14.1 Å². The lowest BCUT2D eigenvalue weighted by atomic mass is 9.46. The lowest BCUT2D eigenvalue weighted by Gasteiger charge is -2.62. The van der Waals surface area contributed by atoms with E-state index >= 15 is 0 Å². The number of hydrogen-bond acceptors (Lipinski definition) is 8. The maximum Gasteiger partial charge on any atom is 0.192 e. The number of carbonyl (C=O) groups is 1. The van der Waals surface area contributed by atoms with E-state index in [2.05, 4.69) is 20.8 Å². The van der Waals surface area contributed by atoms with Crippen LogP contribution in [0.5, 0.6) is 0 Å². The molecule has 5 N–H and O–H groups in total. The third-order valence-electron chi connectivity index (χ3n) is 10.7. The van der Waals surface area contributed by atoms with Gasteiger partial charge in [0.25, 0.3) is 0 Å². The molecule has 35 heavy (non-hydrogen) atoms. The summed E-state index contributed by atoms with van der Waals surface area (Å²) < 4.78 is 13.0. The fourth-order valence-corrected chi connectivity index (χ4v) is 10.9. The molecule has 0 aromatic carbocycles. The summed E-state index contributed by atoms with van der Waals surface area (Å²) in [6, 6.07) is 2.51. The van der Waals surface area contributed by atoms with Crippen LogP contribution in [0.15, 0.2) is 11.1 Å². The Balaban J connectivity index is 1.98. The molecule has 1 heterocycles. The molecule has 0 aromatic rings. The second-order valence-corrected chi connectivity index (χ2v) is 16.9. The van der Waals surface area contributed by atoms with Gasteiger partial charge in [0, 0.05) is 24.2 Å². The third kappa shape index (κ3) is 3.32. The van der Waals surface area contributed by atoms with Gasteiger partial charge in [0.2, 0.25) is 0 Å². The minimum Gasteiger partial charge on any atom is -0.413 e. The number of rotatable bonds is 5. The maximum atomic E-state index is 14.4. The molecular weight excluding hydrogens is 468 g/mol. The summed E-state index contributed by atoms with van der Waals surface area (Å²) >= 11 is 0. The van der Waals surface area contributed by atoms with Crippen molar-refractivity contribution in [3.8, 4) is 0 Å². The number of ether oxygens (including phenoxy) is 1. The van der Waals surface area contributed by atoms with E-state index in [0.717, 1.165) is 18.1 Å². The largest absolute Gasteiger partial charge is 0.413 e. The van der Waals surface area contributed by atoms with Crippen LogP contribution >= 0.6 is 0 Å². The van der Waals surface area contributed by atoms with Gasteiger partial charge in [-0.25, -0.2) is 0 Å². The Kier molecular flexibility index (Phi) is 6.59. The molecule has 8 nitrogen and oxygen atoms in total. The van der Waals surface area contributed by atoms with Crippen molar-refractivity contribution in [2.45, 2.75) is 121 Å². The zero-order valence-corrected chi connectivity index (χ0v) is 23.2. The van der Waals surface area contributed by atoms with Crippen LogP contribution in [-0.2, 0) is 14.0 Å². The van der Waals surface area contributed by atoms with Crippen molar-refractivity contribution in [3.63, 3.8) is 0 Å². The predicted molar refractivity (Wildman–Crippen MR) is 132 cm³/mol. The second-order valence-electron chi connectivity index (χ2n) is 12.2. The minimum atomic E-state index is -2.27. The first-order chi connectivity index (χ1) is 16.1. The number of aliphatic hydroxyl groups excluding tert-OH is 3. The summed E-state index contributed by atoms with van der Waals surface area (Å²) in [5.41, 5.74) is -5.27. The van der Waals surface area contributed by atoms with E-state index in [1.807, 2.05) is 0 Å². The van der Waals surface area contributed by atoms with Gasteiger partial charge >= 0.3 is 0 Å². The standard InChI is InChI=1S/C26H44O8Si/c1-8-35(9-2,10-3)34-17-11-16(28)25(31)13-33-22-20(25)24(17,7)21(30)19(29)18-14(4)15(27)12-26(22,32)23(18,5)6/h15-17,19-20,22,27-29,31-32H,8-13H2,1-7H3/t15-,16+,17-,19+,20-,22-,24+,25-,26+/m0/s1. The highest BCUT2D eigenvalue weighted by molar-refractivity contribution is 6.73. The molecule has 1 saturated heterocycles. The quantitative estimate of drug-likeness (QED) is 0.277. The molecule has 3 aliphatic carbocycles. The Morgan fingerprint density at radius 2 is 1.63 bits per heavy atom. The molecule has 4 aliphatic rings. The second kappa shape index (κ2) is 8.43. The zero-order valence-electron chi connectivity index (χ0n) is 22.2. The van der Waals surface area contributed by atoms with E-state index in [4.69, 9.17) is 9.16 Å². The van der Waals surface area contributed by atoms with Gasteiger partial charge in [-0.3, -0.25) is 4.79 Å². The van der Waals surface area contributed by atoms with Crippen molar-refractivity contribution in [1.82, 2.24) is 0 Å². The van der Waals surface area contributed by atoms with E-state index in [0.29, 0.717) is 11.1 Å². The average molecular weight is 513 g/mol. The number of aliphatic hydroxyl groups is 5. The van der Waals surface area contributed by atoms with Crippen LogP contribution in [0.25, 0.3) is 0 Å². The molecule has 9 heteroatoms. The molecule has 0 unspecified atom stereocenters. The lowest BCUT2D eigenvalue weighted by molar-refractivity contribution is -0.233.